The van der Waals surface area contributed by atoms with E-state index in [9.17, 15) is 54.0 Å². The highest BCUT2D eigenvalue weighted by molar-refractivity contribution is 7.15. The molecule has 10 rings (SSSR count). The van der Waals surface area contributed by atoms with Crippen LogP contribution < -0.4 is 32.3 Å². The minimum Gasteiger partial charge on any atom is -0.508 e. The van der Waals surface area contributed by atoms with Crippen LogP contribution >= 0.6 is 68.0 Å². The fourth-order valence-corrected chi connectivity index (χ4v) is 13.7. The van der Waals surface area contributed by atoms with Gasteiger partial charge in [-0.25, -0.2) is 39.7 Å². The number of aromatic nitrogens is 7. The number of nitrogens with one attached hydrogen (secondary N) is 5. The Morgan fingerprint density at radius 2 is 1.18 bits per heavy atom. The van der Waals surface area contributed by atoms with Crippen molar-refractivity contribution in [3.05, 3.63) is 160 Å². The molecule has 85 heavy (non-hydrogen) atoms. The zero-order valence-electron chi connectivity index (χ0n) is 44.3. The third-order valence-electron chi connectivity index (χ3n) is 13.2. The van der Waals surface area contributed by atoms with Gasteiger partial charge in [0.15, 0.2) is 0 Å². The molecule has 9 aromatic rings. The molecular weight excluding hydrogens is 1210 g/mol. The first-order valence-corrected chi connectivity index (χ1v) is 30.7. The standard InChI is InChI=1S/C55H47N13O11S6/c1-23(25(3)69)40-53-66-38(22-85-53)52-61-33(17-81-52)41-29(13-14-30(58-41)50-63-34(19-82-50)45(74)57-24(2)55(78)79)49-62-35(18-80-49)47(76)60-32(16-39(56)71)51-64-37(20-83-51)48(77)68-42(43(72)27-7-5-4-6-8-27)54-65-36(21-84-54)46(75)59-31(44(73)67-40)15-26-9-11-28(70)12-10-26/h4-14,17-23,25,31-32,40,42-43,69-70,72H,2,15-16H2,1,3H3,(H2,56,71)(H,57,74)(H,59,75)(H,60,76)(H,67,73)(H,68,77)(H,78,79). The van der Waals surface area contributed by atoms with Gasteiger partial charge in [0.2, 0.25) is 11.8 Å². The Labute approximate surface area is 505 Å². The van der Waals surface area contributed by atoms with E-state index in [-0.39, 0.29) is 61.4 Å². The number of phenols is 1. The maximum atomic E-state index is 14.7. The maximum absolute atomic E-state index is 14.7. The molecule has 6 amide bonds. The Morgan fingerprint density at radius 3 is 1.87 bits per heavy atom. The first-order valence-electron chi connectivity index (χ1n) is 25.5. The molecule has 0 aliphatic carbocycles. The molecule has 0 saturated carbocycles. The molecule has 1 aliphatic heterocycles. The quantitative estimate of drug-likeness (QED) is 0.0576. The van der Waals surface area contributed by atoms with Crippen LogP contribution in [0.15, 0.2) is 111 Å². The summed E-state index contributed by atoms with van der Waals surface area (Å²) in [4.78, 5) is 127. The predicted molar refractivity (Wildman–Crippen MR) is 318 cm³/mol. The maximum Gasteiger partial charge on any atom is 0.351 e. The van der Waals surface area contributed by atoms with Gasteiger partial charge in [0, 0.05) is 50.2 Å². The Hall–Kier alpha value is -8.88. The normalized spacial score (nSPS) is 17.7. The zero-order chi connectivity index (χ0) is 60.2. The first-order chi connectivity index (χ1) is 40.8. The number of carboxylic acids is 1. The average Bonchev–Trinajstić information content (AvgIpc) is 2.73. The van der Waals surface area contributed by atoms with E-state index in [1.54, 1.807) is 79.2 Å². The lowest BCUT2D eigenvalue weighted by molar-refractivity contribution is -0.133. The summed E-state index contributed by atoms with van der Waals surface area (Å²) in [6, 6.07) is 13.2. The van der Waals surface area contributed by atoms with E-state index >= 15 is 0 Å². The number of phenolic OH excluding ortho intramolecular Hbond substituents is 1. The molecule has 0 fully saturated rings. The Balaban J connectivity index is 1.06. The molecule has 24 nitrogen and oxygen atoms in total. The molecule has 0 radical (unpaired) electrons. The van der Waals surface area contributed by atoms with Crippen LogP contribution in [0.4, 0.5) is 0 Å². The number of carbonyl (C=O) groups is 7. The number of hydrogen-bond donors (Lipinski definition) is 10. The van der Waals surface area contributed by atoms with Crippen molar-refractivity contribution in [1.29, 1.82) is 0 Å². The van der Waals surface area contributed by atoms with E-state index in [2.05, 4.69) is 53.1 Å². The monoisotopic (exact) mass is 1260 g/mol. The number of carbonyl (C=O) groups excluding carboxylic acids is 6. The van der Waals surface area contributed by atoms with Gasteiger partial charge in [-0.3, -0.25) is 28.8 Å². The number of pyridine rings is 1. The Kier molecular flexibility index (Phi) is 17.8. The zero-order valence-corrected chi connectivity index (χ0v) is 49.2. The number of benzene rings is 2. The van der Waals surface area contributed by atoms with Crippen LogP contribution in [0.2, 0.25) is 0 Å². The van der Waals surface area contributed by atoms with Crippen LogP contribution in [-0.2, 0) is 20.8 Å². The van der Waals surface area contributed by atoms with Crippen LogP contribution in [0.25, 0.3) is 43.4 Å². The van der Waals surface area contributed by atoms with Crippen molar-refractivity contribution < 1.29 is 54.0 Å². The van der Waals surface area contributed by atoms with Gasteiger partial charge in [-0.1, -0.05) is 56.0 Å². The number of aliphatic hydroxyl groups excluding tert-OH is 2. The summed E-state index contributed by atoms with van der Waals surface area (Å²) in [6.07, 6.45) is -2.89. The number of aromatic hydroxyl groups is 1. The summed E-state index contributed by atoms with van der Waals surface area (Å²) >= 11 is 6.48. The SMILES string of the molecule is C=C(NC(=O)c1csc(-c2ccc3c(n2)-c2csc(n2)-c2csc(n2)C(C(C)C(C)O)NC(=O)C(Cc2ccc(O)cc2)NC(=O)c2csc(n2)C(C(O)c2ccccc2)NC(=O)c2csc(n2)C(CC(N)=O)NC(=O)c2csc-3n2)n1)C(=O)O. The number of aliphatic hydroxyl groups is 2. The van der Waals surface area contributed by atoms with E-state index in [1.165, 1.54) is 56.3 Å². The third kappa shape index (κ3) is 13.6. The largest absolute Gasteiger partial charge is 0.508 e. The van der Waals surface area contributed by atoms with Crippen molar-refractivity contribution in [2.45, 2.75) is 63.1 Å². The second kappa shape index (κ2) is 25.5. The molecular formula is C55H47N13O11S6. The molecule has 11 N–H and O–H groups in total. The van der Waals surface area contributed by atoms with Crippen molar-refractivity contribution in [2.75, 3.05) is 0 Å². The lowest BCUT2D eigenvalue weighted by Gasteiger charge is -2.28. The first kappa shape index (κ1) is 59.3. The summed E-state index contributed by atoms with van der Waals surface area (Å²) in [7, 11) is 0. The van der Waals surface area contributed by atoms with Gasteiger partial charge < -0.3 is 52.7 Å². The van der Waals surface area contributed by atoms with Gasteiger partial charge in [0.25, 0.3) is 23.6 Å². The highest BCUT2D eigenvalue weighted by atomic mass is 32.1. The summed E-state index contributed by atoms with van der Waals surface area (Å²) < 4.78 is 0. The second-order valence-corrected chi connectivity index (χ2v) is 24.4. The van der Waals surface area contributed by atoms with E-state index in [0.717, 1.165) is 45.3 Å². The molecule has 7 atom stereocenters. The fraction of sp³-hybridized carbons (Fsp3) is 0.200. The third-order valence-corrected chi connectivity index (χ3v) is 18.6. The van der Waals surface area contributed by atoms with Crippen LogP contribution in [-0.4, -0.2) is 109 Å². The second-order valence-electron chi connectivity index (χ2n) is 19.1. The molecule has 10 bridgehead atoms. The number of amides is 6. The molecule has 30 heteroatoms. The molecule has 434 valence electrons. The van der Waals surface area contributed by atoms with Gasteiger partial charge in [-0.15, -0.1) is 68.0 Å². The lowest BCUT2D eigenvalue weighted by Crippen LogP contribution is -2.50. The van der Waals surface area contributed by atoms with Crippen LogP contribution in [0.3, 0.4) is 0 Å². The van der Waals surface area contributed by atoms with E-state index in [1.807, 2.05) is 0 Å². The van der Waals surface area contributed by atoms with Crippen LogP contribution in [0, 0.1) is 5.92 Å². The molecule has 0 spiro atoms. The number of thiazole rings is 6. The van der Waals surface area contributed by atoms with Gasteiger partial charge in [0.1, 0.15) is 99.5 Å². The van der Waals surface area contributed by atoms with Gasteiger partial charge in [-0.2, -0.15) is 0 Å². The summed E-state index contributed by atoms with van der Waals surface area (Å²) in [5.74, 6) is -6.65. The van der Waals surface area contributed by atoms with E-state index in [0.29, 0.717) is 43.1 Å². The van der Waals surface area contributed by atoms with E-state index in [4.69, 9.17) is 20.7 Å². The minimum atomic E-state index is -1.42. The highest BCUT2D eigenvalue weighted by Crippen LogP contribution is 2.40. The average molecular weight is 1260 g/mol. The van der Waals surface area contributed by atoms with Crippen molar-refractivity contribution in [1.82, 2.24) is 61.5 Å². The predicted octanol–water partition coefficient (Wildman–Crippen LogP) is 6.60. The fourth-order valence-electron chi connectivity index (χ4n) is 8.54. The lowest BCUT2D eigenvalue weighted by atomic mass is 9.96. The number of aliphatic carboxylic acids is 1. The van der Waals surface area contributed by atoms with E-state index < -0.39 is 95.8 Å². The molecule has 7 unspecified atom stereocenters. The highest BCUT2D eigenvalue weighted by Gasteiger charge is 2.35. The van der Waals surface area contributed by atoms with Gasteiger partial charge in [-0.05, 0) is 42.3 Å². The molecule has 1 aliphatic rings. The number of hydrogen-bond acceptors (Lipinski definition) is 23. The number of fused-ring (bicyclic) bond motifs is 14. The molecule has 8 heterocycles. The summed E-state index contributed by atoms with van der Waals surface area (Å²) in [6.45, 7) is 6.65. The Morgan fingerprint density at radius 1 is 0.612 bits per heavy atom. The van der Waals surface area contributed by atoms with Gasteiger partial charge >= 0.3 is 5.97 Å². The van der Waals surface area contributed by atoms with Crippen molar-refractivity contribution in [3.63, 3.8) is 0 Å². The molecule has 7 aromatic heterocycles. The minimum absolute atomic E-state index is 0.0222. The van der Waals surface area contributed by atoms with Gasteiger partial charge in [0.05, 0.1) is 30.3 Å². The van der Waals surface area contributed by atoms with Crippen molar-refractivity contribution in [3.8, 4) is 49.1 Å². The summed E-state index contributed by atoms with van der Waals surface area (Å²) in [5, 5.41) is 66.7. The topological polar surface area (TPSA) is 377 Å². The Bertz CT molecular complexity index is 4020. The van der Waals surface area contributed by atoms with Crippen LogP contribution in [0.1, 0.15) is 113 Å². The van der Waals surface area contributed by atoms with Crippen LogP contribution in [0.5, 0.6) is 5.75 Å². The molecule has 0 saturated heterocycles. The van der Waals surface area contributed by atoms with Crippen molar-refractivity contribution >= 4 is 109 Å². The number of nitrogens with zero attached hydrogens (tertiary/aromatic N) is 7. The summed E-state index contributed by atoms with van der Waals surface area (Å²) in [5.41, 5.74) is 7.33. The molecule has 2 aromatic carbocycles. The number of rotatable bonds is 12. The van der Waals surface area contributed by atoms with Crippen molar-refractivity contribution in [2.24, 2.45) is 11.7 Å². The number of primary amides is 1. The number of nitrogens with two attached hydrogens (primary N) is 1. The number of carboxylic acid groups (broad SMARTS) is 1. The smallest absolute Gasteiger partial charge is 0.351 e.